The van der Waals surface area contributed by atoms with E-state index in [0.29, 0.717) is 89.2 Å². The van der Waals surface area contributed by atoms with Gasteiger partial charge in [-0.05, 0) is 107 Å². The predicted molar refractivity (Wildman–Crippen MR) is 420 cm³/mol. The van der Waals surface area contributed by atoms with Gasteiger partial charge in [-0.3, -0.25) is 0 Å². The van der Waals surface area contributed by atoms with Crippen molar-refractivity contribution in [1.82, 2.24) is 5.32 Å². The second kappa shape index (κ2) is 42.9. The van der Waals surface area contributed by atoms with Gasteiger partial charge in [0.15, 0.2) is 9.76 Å². The molecule has 8 bridgehead atoms. The highest BCUT2D eigenvalue weighted by atomic mass is 28.6. The average Bonchev–Trinajstić information content (AvgIpc) is 0.707. The summed E-state index contributed by atoms with van der Waals surface area (Å²) in [4.78, 5) is 13.3. The van der Waals surface area contributed by atoms with Crippen LogP contribution in [0.4, 0.5) is 4.79 Å². The number of amides is 1. The number of rotatable bonds is 51. The third-order valence-electron chi connectivity index (χ3n) is 17.6. The SMILES string of the molecule is CCCCCCCCCCOc1ccc(-c2ccc(OCCOCCOCCOc3cc(COC(=O)NCC[SiH2]O[Si]45O[Si]6(C)O[Si]7(C)O[SiH]8O[Si](C)(O6)O[Si](C)(O[Si](C)(O8)O[Si](C)(O7)O4)O5)cc(OCCOCCOCCOc4ccc(-c5ccc(OCCCCCCCCCC)cc5)cc4)c3)cc2)cc1. The molecule has 0 aromatic heterocycles. The number of unbranched alkanes of at least 4 members (excludes halogenated alkanes) is 14. The zero-order valence-electron chi connectivity index (χ0n) is 63.8. The smallest absolute Gasteiger partial charge is 0.494 e. The molecule has 35 heteroatoms. The van der Waals surface area contributed by atoms with Crippen LogP contribution >= 0.6 is 0 Å². The summed E-state index contributed by atoms with van der Waals surface area (Å²) >= 11 is 0. The molecule has 5 aromatic rings. The van der Waals surface area contributed by atoms with Gasteiger partial charge < -0.3 is 111 Å². The zero-order chi connectivity index (χ0) is 75.2. The van der Waals surface area contributed by atoms with Gasteiger partial charge in [0, 0.05) is 51.9 Å². The highest BCUT2D eigenvalue weighted by Crippen LogP contribution is 2.46. The lowest BCUT2D eigenvalue weighted by Crippen LogP contribution is -2.85. The average molecular weight is 1650 g/mol. The van der Waals surface area contributed by atoms with Gasteiger partial charge in [0.1, 0.15) is 67.5 Å². The fraction of sp³-hybridized carbons (Fsp3) is 0.569. The lowest BCUT2D eigenvalue weighted by molar-refractivity contribution is -0.0313. The molecule has 6 fully saturated rings. The van der Waals surface area contributed by atoms with Crippen molar-refractivity contribution >= 4 is 87.3 Å². The quantitative estimate of drug-likeness (QED) is 0.0280. The number of ether oxygens (including phenoxy) is 11. The molecule has 5 aromatic carbocycles. The Bertz CT molecular complexity index is 3170. The summed E-state index contributed by atoms with van der Waals surface area (Å²) in [7, 11) is -31.3. The molecule has 6 heterocycles. The van der Waals surface area contributed by atoms with Crippen molar-refractivity contribution in [2.75, 3.05) is 99.0 Å². The maximum atomic E-state index is 13.3. The summed E-state index contributed by atoms with van der Waals surface area (Å²) in [5.41, 5.74) is 5.06. The molecule has 0 spiro atoms. The van der Waals surface area contributed by atoms with E-state index in [1.165, 1.54) is 89.9 Å². The second-order valence-corrected chi connectivity index (χ2v) is 51.7. The summed E-state index contributed by atoms with van der Waals surface area (Å²) in [5, 5.41) is 2.82. The first-order valence-corrected chi connectivity index (χ1v) is 56.3. The van der Waals surface area contributed by atoms with Crippen molar-refractivity contribution < 1.29 is 110 Å². The molecule has 107 heavy (non-hydrogen) atoms. The van der Waals surface area contributed by atoms with Crippen LogP contribution in [0, 0.1) is 0 Å². The van der Waals surface area contributed by atoms with Crippen LogP contribution in [0.15, 0.2) is 115 Å². The van der Waals surface area contributed by atoms with Gasteiger partial charge >= 0.3 is 77.5 Å². The van der Waals surface area contributed by atoms with E-state index in [0.717, 1.165) is 71.3 Å². The minimum atomic E-state index is -4.31. The highest BCUT2D eigenvalue weighted by Gasteiger charge is 2.78. The summed E-state index contributed by atoms with van der Waals surface area (Å²) in [6.07, 6.45) is 19.8. The predicted octanol–water partition coefficient (Wildman–Crippen LogP) is 13.6. The Hall–Kier alpha value is -4.56. The van der Waals surface area contributed by atoms with Gasteiger partial charge in [0.25, 0.3) is 0 Å². The van der Waals surface area contributed by atoms with E-state index in [2.05, 4.69) is 67.7 Å². The van der Waals surface area contributed by atoms with Gasteiger partial charge in [-0.1, -0.05) is 152 Å². The van der Waals surface area contributed by atoms with Crippen molar-refractivity contribution in [2.45, 2.75) is 169 Å². The fourth-order valence-corrected chi connectivity index (χ4v) is 56.5. The van der Waals surface area contributed by atoms with E-state index in [1.54, 1.807) is 57.5 Å². The number of carbonyl (C=O) groups excluding carboxylic acids is 1. The van der Waals surface area contributed by atoms with E-state index in [-0.39, 0.29) is 26.4 Å². The van der Waals surface area contributed by atoms with Crippen LogP contribution in [-0.4, -0.2) is 186 Å². The lowest BCUT2D eigenvalue weighted by Gasteiger charge is -2.58. The minimum absolute atomic E-state index is 0.0957. The Kier molecular flexibility index (Phi) is 34.0. The second-order valence-electron chi connectivity index (χ2n) is 27.3. The molecule has 26 nitrogen and oxygen atoms in total. The van der Waals surface area contributed by atoms with E-state index < -0.39 is 87.3 Å². The number of carbonyl (C=O) groups is 1. The minimum Gasteiger partial charge on any atom is -0.494 e. The molecule has 0 radical (unpaired) electrons. The van der Waals surface area contributed by atoms with Gasteiger partial charge in [0.2, 0.25) is 0 Å². The van der Waals surface area contributed by atoms with E-state index >= 15 is 0 Å². The monoisotopic (exact) mass is 1640 g/mol. The Morgan fingerprint density at radius 3 is 0.991 bits per heavy atom. The van der Waals surface area contributed by atoms with E-state index in [1.807, 2.05) is 48.5 Å². The summed E-state index contributed by atoms with van der Waals surface area (Å²) in [6, 6.07) is 38.4. The van der Waals surface area contributed by atoms with Crippen molar-refractivity contribution in [3.63, 3.8) is 0 Å². The summed E-state index contributed by atoms with van der Waals surface area (Å²) in [5.74, 6) is 4.31. The Morgan fingerprint density at radius 2 is 0.654 bits per heavy atom. The zero-order valence-corrected chi connectivity index (χ0v) is 73.4. The molecule has 0 aliphatic carbocycles. The Balaban J connectivity index is 0.627. The Labute approximate surface area is 644 Å². The van der Waals surface area contributed by atoms with Crippen LogP contribution in [0.2, 0.25) is 45.3 Å². The third kappa shape index (κ3) is 28.9. The van der Waals surface area contributed by atoms with Crippen molar-refractivity contribution in [1.29, 1.82) is 0 Å². The molecule has 1 amide bonds. The van der Waals surface area contributed by atoms with E-state index in [4.69, 9.17) is 106 Å². The van der Waals surface area contributed by atoms with Crippen molar-refractivity contribution in [3.05, 3.63) is 121 Å². The normalized spacial score (nSPS) is 25.0. The van der Waals surface area contributed by atoms with Gasteiger partial charge in [-0.15, -0.1) is 0 Å². The Morgan fingerprint density at radius 1 is 0.355 bits per heavy atom. The summed E-state index contributed by atoms with van der Waals surface area (Å²) in [6.45, 7) is 20.3. The largest absolute Gasteiger partial charge is 0.646 e. The fourth-order valence-electron chi connectivity index (χ4n) is 12.7. The number of alkyl carbamates (subject to hydrolysis) is 1. The van der Waals surface area contributed by atoms with Crippen molar-refractivity contribution in [3.8, 4) is 56.8 Å². The van der Waals surface area contributed by atoms with Crippen LogP contribution in [0.3, 0.4) is 0 Å². The first kappa shape index (κ1) is 84.9. The molecular weight excluding hydrogens is 1530 g/mol. The molecule has 0 unspecified atom stereocenters. The molecule has 11 rings (SSSR count). The third-order valence-corrected chi connectivity index (χ3v) is 53.2. The number of hydrogen-bond acceptors (Lipinski definition) is 25. The lowest BCUT2D eigenvalue weighted by atomic mass is 10.1. The van der Waals surface area contributed by atoms with Gasteiger partial charge in [-0.25, -0.2) is 4.79 Å². The van der Waals surface area contributed by atoms with Gasteiger partial charge in [0.05, 0.1) is 66.1 Å². The molecular formula is C72H113NO25Si9. The van der Waals surface area contributed by atoms with Crippen LogP contribution in [0.25, 0.3) is 22.3 Å². The van der Waals surface area contributed by atoms with Crippen LogP contribution in [-0.2, 0) is 83.8 Å². The molecule has 6 aliphatic rings. The molecule has 0 atom stereocenters. The van der Waals surface area contributed by atoms with Gasteiger partial charge in [-0.2, -0.15) is 0 Å². The first-order chi connectivity index (χ1) is 51.8. The molecule has 0 saturated carbocycles. The maximum absolute atomic E-state index is 13.3. The van der Waals surface area contributed by atoms with E-state index in [9.17, 15) is 4.79 Å². The number of hydrogen-bond donors (Lipinski definition) is 1. The first-order valence-electron chi connectivity index (χ1n) is 38.3. The maximum Gasteiger partial charge on any atom is 0.646 e. The standard InChI is InChI=1S/C72H113NO25Si9/c1-9-11-13-15-17-19-21-23-42-79-66-33-25-62(26-34-66)64-29-37-68(38-30-64)81-52-48-75-44-46-77-50-54-83-70-57-61(58-71(59-70)84-55-51-78-47-45-76-49-53-82-69-39-31-65(32-40-69)63-27-35-67(36-28-63)80-43-24-22-20-18-16-14-12-10-2)60-85-72(74)73-41-56-99-86-107-96-104(6)90-101(3)87-100-88-102(4,92-104)94-106(8,98-107)95-103(5,89-100)93-105(7,91-101)97-107/h25-40,57-59,100H,9-24,41-56,60,99H2,1-8H3,(H,73,74). The van der Waals surface area contributed by atoms with Crippen molar-refractivity contribution in [2.24, 2.45) is 0 Å². The van der Waals surface area contributed by atoms with Crippen LogP contribution < -0.4 is 33.7 Å². The highest BCUT2D eigenvalue weighted by molar-refractivity contribution is 7.00. The van der Waals surface area contributed by atoms with Crippen LogP contribution in [0.1, 0.15) is 122 Å². The molecule has 6 saturated heterocycles. The molecule has 592 valence electrons. The number of benzene rings is 5. The van der Waals surface area contributed by atoms with Crippen LogP contribution in [0.5, 0.6) is 34.5 Å². The topological polar surface area (TPSA) is 251 Å². The molecule has 6 aliphatic heterocycles. The number of nitrogens with one attached hydrogen (secondary N) is 1. The molecule has 1 N–H and O–H groups in total. The summed E-state index contributed by atoms with van der Waals surface area (Å²) < 4.78 is 151.